The molecule has 2 rings (SSSR count). The predicted octanol–water partition coefficient (Wildman–Crippen LogP) is 1.78. The van der Waals surface area contributed by atoms with Crippen molar-refractivity contribution < 1.29 is 13.2 Å². The van der Waals surface area contributed by atoms with Crippen LogP contribution in [0.2, 0.25) is 0 Å². The number of rotatable bonds is 6. The van der Waals surface area contributed by atoms with Crippen LogP contribution in [0.5, 0.6) is 0 Å². The molecular formula is C18H22N4O3S. The molecule has 0 saturated carbocycles. The van der Waals surface area contributed by atoms with Gasteiger partial charge < -0.3 is 0 Å². The first-order chi connectivity index (χ1) is 12.2. The number of carbonyl (C=O) groups excluding carboxylic acids is 1. The van der Waals surface area contributed by atoms with Gasteiger partial charge in [0.15, 0.2) is 0 Å². The van der Waals surface area contributed by atoms with E-state index in [1.54, 1.807) is 38.4 Å². The van der Waals surface area contributed by atoms with Crippen molar-refractivity contribution in [3.8, 4) is 0 Å². The van der Waals surface area contributed by atoms with E-state index >= 15 is 0 Å². The van der Waals surface area contributed by atoms with E-state index in [1.807, 2.05) is 19.1 Å². The third kappa shape index (κ3) is 4.74. The van der Waals surface area contributed by atoms with Crippen LogP contribution < -0.4 is 5.43 Å². The van der Waals surface area contributed by atoms with Crippen molar-refractivity contribution in [1.29, 1.82) is 0 Å². The van der Waals surface area contributed by atoms with Gasteiger partial charge in [0, 0.05) is 19.4 Å². The van der Waals surface area contributed by atoms with E-state index in [2.05, 4.69) is 15.5 Å². The van der Waals surface area contributed by atoms with E-state index in [1.165, 1.54) is 13.3 Å². The van der Waals surface area contributed by atoms with Gasteiger partial charge in [0.1, 0.15) is 0 Å². The average molecular weight is 374 g/mol. The number of aryl methyl sites for hydroxylation is 3. The zero-order chi connectivity index (χ0) is 19.3. The number of hydrogen-bond acceptors (Lipinski definition) is 5. The first-order valence-corrected chi connectivity index (χ1v) is 9.42. The Hall–Kier alpha value is -2.58. The van der Waals surface area contributed by atoms with Crippen molar-refractivity contribution in [1.82, 2.24) is 14.7 Å². The predicted molar refractivity (Wildman–Crippen MR) is 100 cm³/mol. The molecule has 0 spiro atoms. The molecule has 8 heteroatoms. The van der Waals surface area contributed by atoms with Crippen molar-refractivity contribution in [2.24, 2.45) is 5.10 Å². The van der Waals surface area contributed by atoms with E-state index in [4.69, 9.17) is 0 Å². The molecule has 7 nitrogen and oxygen atoms in total. The summed E-state index contributed by atoms with van der Waals surface area (Å²) in [5, 5.41) is 3.82. The van der Waals surface area contributed by atoms with E-state index < -0.39 is 15.9 Å². The van der Waals surface area contributed by atoms with Crippen LogP contribution in [0.15, 0.2) is 46.7 Å². The molecule has 1 N–H and O–H groups in total. The molecule has 26 heavy (non-hydrogen) atoms. The maximum Gasteiger partial charge on any atom is 0.255 e. The van der Waals surface area contributed by atoms with Gasteiger partial charge >= 0.3 is 0 Å². The van der Waals surface area contributed by atoms with Crippen molar-refractivity contribution in [3.05, 3.63) is 58.9 Å². The van der Waals surface area contributed by atoms with Gasteiger partial charge in [-0.3, -0.25) is 9.78 Å². The Balaban J connectivity index is 2.07. The number of carbonyl (C=O) groups is 1. The molecular weight excluding hydrogens is 352 g/mol. The highest BCUT2D eigenvalue weighted by Crippen LogP contribution is 2.24. The van der Waals surface area contributed by atoms with Gasteiger partial charge in [-0.05, 0) is 49.6 Å². The van der Waals surface area contributed by atoms with Crippen LogP contribution in [0.4, 0.5) is 0 Å². The van der Waals surface area contributed by atoms with Gasteiger partial charge in [0.05, 0.1) is 17.7 Å². The van der Waals surface area contributed by atoms with Crippen molar-refractivity contribution in [2.75, 3.05) is 13.6 Å². The van der Waals surface area contributed by atoms with Crippen molar-refractivity contribution in [3.63, 3.8) is 0 Å². The van der Waals surface area contributed by atoms with Crippen molar-refractivity contribution >= 4 is 22.1 Å². The molecule has 0 bridgehead atoms. The molecule has 0 aliphatic carbocycles. The van der Waals surface area contributed by atoms with E-state index in [0.29, 0.717) is 11.1 Å². The Morgan fingerprint density at radius 3 is 2.35 bits per heavy atom. The standard InChI is InChI=1S/C18H22N4O3S/c1-13-9-14(2)18(15(3)10-13)26(24,25)22(4)12-17(23)21-20-11-16-5-7-19-8-6-16/h5-11H,12H2,1-4H3,(H,21,23)/b20-11-. The summed E-state index contributed by atoms with van der Waals surface area (Å²) in [5.41, 5.74) is 5.40. The highest BCUT2D eigenvalue weighted by Gasteiger charge is 2.26. The fraction of sp³-hybridized carbons (Fsp3) is 0.278. The lowest BCUT2D eigenvalue weighted by molar-refractivity contribution is -0.121. The van der Waals surface area contributed by atoms with E-state index in [0.717, 1.165) is 15.4 Å². The third-order valence-electron chi connectivity index (χ3n) is 3.75. The summed E-state index contributed by atoms with van der Waals surface area (Å²) in [4.78, 5) is 16.1. The molecule has 0 radical (unpaired) electrons. The number of aromatic nitrogens is 1. The Morgan fingerprint density at radius 1 is 1.19 bits per heavy atom. The highest BCUT2D eigenvalue weighted by atomic mass is 32.2. The molecule has 1 heterocycles. The van der Waals surface area contributed by atoms with Gasteiger partial charge in [-0.25, -0.2) is 13.8 Å². The fourth-order valence-electron chi connectivity index (χ4n) is 2.68. The minimum atomic E-state index is -3.78. The van der Waals surface area contributed by atoms with Gasteiger partial charge in [-0.1, -0.05) is 17.7 Å². The monoisotopic (exact) mass is 374 g/mol. The summed E-state index contributed by atoms with van der Waals surface area (Å²) in [6.07, 6.45) is 4.67. The third-order valence-corrected chi connectivity index (χ3v) is 5.86. The van der Waals surface area contributed by atoms with Gasteiger partial charge in [-0.2, -0.15) is 9.41 Å². The lowest BCUT2D eigenvalue weighted by atomic mass is 10.1. The number of hydrazone groups is 1. The highest BCUT2D eigenvalue weighted by molar-refractivity contribution is 7.89. The van der Waals surface area contributed by atoms with Crippen LogP contribution in [0.3, 0.4) is 0 Å². The molecule has 0 atom stereocenters. The summed E-state index contributed by atoms with van der Waals surface area (Å²) in [6, 6.07) is 7.09. The second kappa shape index (κ2) is 8.20. The maximum atomic E-state index is 12.8. The quantitative estimate of drug-likeness (QED) is 0.616. The number of amides is 1. The van der Waals surface area contributed by atoms with Crippen LogP contribution in [0.1, 0.15) is 22.3 Å². The number of benzene rings is 1. The van der Waals surface area contributed by atoms with Crippen molar-refractivity contribution in [2.45, 2.75) is 25.7 Å². The zero-order valence-electron chi connectivity index (χ0n) is 15.2. The Labute approximate surface area is 153 Å². The lowest BCUT2D eigenvalue weighted by Crippen LogP contribution is -2.37. The van der Waals surface area contributed by atoms with Crippen LogP contribution >= 0.6 is 0 Å². The molecule has 0 aliphatic rings. The lowest BCUT2D eigenvalue weighted by Gasteiger charge is -2.19. The van der Waals surface area contributed by atoms with Gasteiger partial charge in [0.25, 0.3) is 5.91 Å². The molecule has 138 valence electrons. The molecule has 1 amide bonds. The average Bonchev–Trinajstić information content (AvgIpc) is 2.54. The largest absolute Gasteiger partial charge is 0.272 e. The zero-order valence-corrected chi connectivity index (χ0v) is 16.0. The van der Waals surface area contributed by atoms with Gasteiger partial charge in [0.2, 0.25) is 10.0 Å². The second-order valence-electron chi connectivity index (χ2n) is 6.06. The number of nitrogens with zero attached hydrogens (tertiary/aromatic N) is 3. The molecule has 1 aromatic heterocycles. The molecule has 0 aliphatic heterocycles. The number of hydrogen-bond donors (Lipinski definition) is 1. The molecule has 0 fully saturated rings. The molecule has 2 aromatic rings. The van der Waals surface area contributed by atoms with Crippen LogP contribution in [0.25, 0.3) is 0 Å². The van der Waals surface area contributed by atoms with Crippen LogP contribution in [0, 0.1) is 20.8 Å². The summed E-state index contributed by atoms with van der Waals surface area (Å²) >= 11 is 0. The minimum Gasteiger partial charge on any atom is -0.272 e. The van der Waals surface area contributed by atoms with Crippen LogP contribution in [-0.4, -0.2) is 43.4 Å². The normalized spacial score (nSPS) is 11.9. The first kappa shape index (κ1) is 19.7. The van der Waals surface area contributed by atoms with Gasteiger partial charge in [-0.15, -0.1) is 0 Å². The Morgan fingerprint density at radius 2 is 1.77 bits per heavy atom. The number of pyridine rings is 1. The minimum absolute atomic E-state index is 0.235. The summed E-state index contributed by atoms with van der Waals surface area (Å²) in [5.74, 6) is -0.524. The Bertz CT molecular complexity index is 902. The second-order valence-corrected chi connectivity index (χ2v) is 8.04. The summed E-state index contributed by atoms with van der Waals surface area (Å²) in [6.45, 7) is 5.08. The number of likely N-dealkylation sites (N-methyl/N-ethyl adjacent to an activating group) is 1. The van der Waals surface area contributed by atoms with Crippen LogP contribution in [-0.2, 0) is 14.8 Å². The first-order valence-electron chi connectivity index (χ1n) is 7.98. The molecule has 1 aromatic carbocycles. The number of sulfonamides is 1. The molecule has 0 unspecified atom stereocenters. The number of nitrogens with one attached hydrogen (secondary N) is 1. The summed E-state index contributed by atoms with van der Waals surface area (Å²) in [7, 11) is -2.40. The Kier molecular flexibility index (Phi) is 6.23. The SMILES string of the molecule is Cc1cc(C)c(S(=O)(=O)N(C)CC(=O)N/N=C\c2ccncc2)c(C)c1. The maximum absolute atomic E-state index is 12.8. The smallest absolute Gasteiger partial charge is 0.255 e. The fourth-order valence-corrected chi connectivity index (χ4v) is 4.21. The van der Waals surface area contributed by atoms with E-state index in [9.17, 15) is 13.2 Å². The topological polar surface area (TPSA) is 91.7 Å². The molecule has 0 saturated heterocycles. The summed E-state index contributed by atoms with van der Waals surface area (Å²) < 4.78 is 26.7. The van der Waals surface area contributed by atoms with E-state index in [-0.39, 0.29) is 11.4 Å².